The minimum absolute atomic E-state index is 0.0150. The van der Waals surface area contributed by atoms with E-state index in [0.29, 0.717) is 5.56 Å². The van der Waals surface area contributed by atoms with Crippen molar-refractivity contribution in [1.29, 1.82) is 0 Å². The molecule has 0 radical (unpaired) electrons. The summed E-state index contributed by atoms with van der Waals surface area (Å²) in [6.07, 6.45) is 4.44. The summed E-state index contributed by atoms with van der Waals surface area (Å²) in [6, 6.07) is 10.9. The SMILES string of the molecule is CC(N)CC(=O)NC(Cc1cc(F)cc(F)c1)C(O)CNC1(c2cccc(C(C)(C)C)c2)CCCCC1. The summed E-state index contributed by atoms with van der Waals surface area (Å²) in [4.78, 5) is 12.5. The van der Waals surface area contributed by atoms with Gasteiger partial charge in [-0.25, -0.2) is 8.78 Å². The van der Waals surface area contributed by atoms with Gasteiger partial charge in [0.15, 0.2) is 0 Å². The van der Waals surface area contributed by atoms with Crippen molar-refractivity contribution in [3.8, 4) is 0 Å². The van der Waals surface area contributed by atoms with E-state index in [2.05, 4.69) is 55.7 Å². The fourth-order valence-electron chi connectivity index (χ4n) is 5.27. The maximum atomic E-state index is 13.8. The first-order valence-electron chi connectivity index (χ1n) is 13.4. The topological polar surface area (TPSA) is 87.4 Å². The molecule has 3 unspecified atom stereocenters. The third-order valence-electron chi connectivity index (χ3n) is 7.33. The molecule has 0 bridgehead atoms. The summed E-state index contributed by atoms with van der Waals surface area (Å²) in [5.41, 5.74) is 8.34. The molecular formula is C30H43F2N3O2. The van der Waals surface area contributed by atoms with Crippen LogP contribution in [0.1, 0.15) is 82.9 Å². The van der Waals surface area contributed by atoms with Gasteiger partial charge in [-0.15, -0.1) is 0 Å². The molecule has 2 aromatic carbocycles. The lowest BCUT2D eigenvalue weighted by Crippen LogP contribution is -2.53. The molecule has 1 aliphatic carbocycles. The van der Waals surface area contributed by atoms with Crippen molar-refractivity contribution in [3.63, 3.8) is 0 Å². The van der Waals surface area contributed by atoms with E-state index < -0.39 is 23.8 Å². The highest BCUT2D eigenvalue weighted by atomic mass is 19.1. The molecule has 1 saturated carbocycles. The third-order valence-corrected chi connectivity index (χ3v) is 7.33. The molecule has 2 aromatic rings. The van der Waals surface area contributed by atoms with Crippen LogP contribution in [0.4, 0.5) is 8.78 Å². The first kappa shape index (κ1) is 29.2. The Hall–Kier alpha value is -2.35. The minimum Gasteiger partial charge on any atom is -0.390 e. The Labute approximate surface area is 220 Å². The van der Waals surface area contributed by atoms with Gasteiger partial charge in [-0.2, -0.15) is 0 Å². The number of nitrogens with two attached hydrogens (primary N) is 1. The van der Waals surface area contributed by atoms with Gasteiger partial charge in [0.2, 0.25) is 5.91 Å². The Morgan fingerprint density at radius 3 is 2.32 bits per heavy atom. The number of carbonyl (C=O) groups is 1. The zero-order chi connectivity index (χ0) is 27.2. The number of hydrogen-bond donors (Lipinski definition) is 4. The highest BCUT2D eigenvalue weighted by Gasteiger charge is 2.35. The predicted molar refractivity (Wildman–Crippen MR) is 144 cm³/mol. The minimum atomic E-state index is -0.979. The van der Waals surface area contributed by atoms with E-state index in [1.807, 2.05) is 0 Å². The highest BCUT2D eigenvalue weighted by Crippen LogP contribution is 2.38. The van der Waals surface area contributed by atoms with Crippen molar-refractivity contribution in [1.82, 2.24) is 10.6 Å². The highest BCUT2D eigenvalue weighted by molar-refractivity contribution is 5.76. The zero-order valence-corrected chi connectivity index (χ0v) is 22.6. The number of rotatable bonds is 10. The standard InChI is InChI=1S/C30H43F2N3O2/c1-20(33)13-28(37)35-26(16-21-14-24(31)18-25(32)15-21)27(36)19-34-30(11-6-5-7-12-30)23-10-8-9-22(17-23)29(2,3)4/h8-10,14-15,17-18,20,26-27,34,36H,5-7,11-13,16,19,33H2,1-4H3,(H,35,37). The fourth-order valence-corrected chi connectivity index (χ4v) is 5.27. The van der Waals surface area contributed by atoms with Crippen molar-refractivity contribution in [2.45, 2.75) is 102 Å². The summed E-state index contributed by atoms with van der Waals surface area (Å²) < 4.78 is 27.7. The normalized spacial score (nSPS) is 18.2. The summed E-state index contributed by atoms with van der Waals surface area (Å²) >= 11 is 0. The lowest BCUT2D eigenvalue weighted by Gasteiger charge is -2.41. The lowest BCUT2D eigenvalue weighted by molar-refractivity contribution is -0.122. The molecule has 7 heteroatoms. The van der Waals surface area contributed by atoms with Crippen molar-refractivity contribution in [2.75, 3.05) is 6.54 Å². The van der Waals surface area contributed by atoms with E-state index in [-0.39, 0.29) is 42.3 Å². The Kier molecular flexibility index (Phi) is 9.84. The maximum Gasteiger partial charge on any atom is 0.221 e. The molecule has 0 heterocycles. The Morgan fingerprint density at radius 1 is 1.08 bits per heavy atom. The summed E-state index contributed by atoms with van der Waals surface area (Å²) in [5, 5.41) is 17.8. The third kappa shape index (κ3) is 8.32. The van der Waals surface area contributed by atoms with Crippen molar-refractivity contribution >= 4 is 5.91 Å². The molecule has 3 rings (SSSR count). The van der Waals surface area contributed by atoms with Gasteiger partial charge >= 0.3 is 0 Å². The monoisotopic (exact) mass is 515 g/mol. The molecule has 37 heavy (non-hydrogen) atoms. The summed E-state index contributed by atoms with van der Waals surface area (Å²) in [6.45, 7) is 8.54. The van der Waals surface area contributed by atoms with Gasteiger partial charge in [0, 0.05) is 30.6 Å². The smallest absolute Gasteiger partial charge is 0.221 e. The van der Waals surface area contributed by atoms with Crippen LogP contribution in [-0.4, -0.2) is 35.7 Å². The second-order valence-electron chi connectivity index (χ2n) is 11.8. The van der Waals surface area contributed by atoms with Crippen molar-refractivity contribution < 1.29 is 18.7 Å². The number of carbonyl (C=O) groups excluding carboxylic acids is 1. The molecule has 0 saturated heterocycles. The van der Waals surface area contributed by atoms with E-state index in [4.69, 9.17) is 5.73 Å². The number of aliphatic hydroxyl groups is 1. The van der Waals surface area contributed by atoms with Crippen LogP contribution in [0, 0.1) is 11.6 Å². The van der Waals surface area contributed by atoms with Crippen LogP contribution in [0.25, 0.3) is 0 Å². The Balaban J connectivity index is 1.82. The van der Waals surface area contributed by atoms with Crippen LogP contribution < -0.4 is 16.4 Å². The van der Waals surface area contributed by atoms with E-state index in [9.17, 15) is 18.7 Å². The van der Waals surface area contributed by atoms with Gasteiger partial charge in [-0.1, -0.05) is 64.3 Å². The predicted octanol–water partition coefficient (Wildman–Crippen LogP) is 4.84. The van der Waals surface area contributed by atoms with Crippen LogP contribution in [0.2, 0.25) is 0 Å². The number of benzene rings is 2. The van der Waals surface area contributed by atoms with Crippen LogP contribution in [0.3, 0.4) is 0 Å². The molecule has 0 spiro atoms. The molecule has 1 fully saturated rings. The fraction of sp³-hybridized carbons (Fsp3) is 0.567. The molecule has 5 N–H and O–H groups in total. The second-order valence-corrected chi connectivity index (χ2v) is 11.8. The Bertz CT molecular complexity index is 1030. The van der Waals surface area contributed by atoms with Crippen LogP contribution in [0.15, 0.2) is 42.5 Å². The lowest BCUT2D eigenvalue weighted by atomic mass is 9.74. The van der Waals surface area contributed by atoms with E-state index in [0.717, 1.165) is 31.7 Å². The molecule has 3 atom stereocenters. The largest absolute Gasteiger partial charge is 0.390 e. The van der Waals surface area contributed by atoms with Crippen LogP contribution in [-0.2, 0) is 22.2 Å². The summed E-state index contributed by atoms with van der Waals surface area (Å²) in [5.74, 6) is -1.69. The summed E-state index contributed by atoms with van der Waals surface area (Å²) in [7, 11) is 0. The van der Waals surface area contributed by atoms with Gasteiger partial charge in [-0.05, 0) is 60.4 Å². The van der Waals surface area contributed by atoms with E-state index in [1.165, 1.54) is 29.7 Å². The molecule has 1 aliphatic rings. The average Bonchev–Trinajstić information content (AvgIpc) is 2.81. The van der Waals surface area contributed by atoms with Crippen molar-refractivity contribution in [3.05, 3.63) is 70.8 Å². The van der Waals surface area contributed by atoms with Gasteiger partial charge < -0.3 is 21.5 Å². The molecule has 5 nitrogen and oxygen atoms in total. The number of amides is 1. The number of nitrogens with one attached hydrogen (secondary N) is 2. The van der Waals surface area contributed by atoms with Crippen LogP contribution >= 0.6 is 0 Å². The number of hydrogen-bond acceptors (Lipinski definition) is 4. The van der Waals surface area contributed by atoms with Crippen LogP contribution in [0.5, 0.6) is 0 Å². The van der Waals surface area contributed by atoms with Crippen molar-refractivity contribution in [2.24, 2.45) is 5.73 Å². The average molecular weight is 516 g/mol. The molecule has 0 aliphatic heterocycles. The molecular weight excluding hydrogens is 472 g/mol. The van der Waals surface area contributed by atoms with Gasteiger partial charge in [0.1, 0.15) is 11.6 Å². The zero-order valence-electron chi connectivity index (χ0n) is 22.6. The molecule has 1 amide bonds. The first-order chi connectivity index (χ1) is 17.4. The van der Waals surface area contributed by atoms with E-state index in [1.54, 1.807) is 6.92 Å². The molecule has 0 aromatic heterocycles. The quantitative estimate of drug-likeness (QED) is 0.365. The second kappa shape index (κ2) is 12.5. The first-order valence-corrected chi connectivity index (χ1v) is 13.4. The number of halogens is 2. The van der Waals surface area contributed by atoms with Gasteiger partial charge in [0.25, 0.3) is 0 Å². The number of aliphatic hydroxyl groups excluding tert-OH is 1. The van der Waals surface area contributed by atoms with E-state index >= 15 is 0 Å². The van der Waals surface area contributed by atoms with Gasteiger partial charge in [0.05, 0.1) is 12.1 Å². The Morgan fingerprint density at radius 2 is 1.73 bits per heavy atom. The van der Waals surface area contributed by atoms with Gasteiger partial charge in [-0.3, -0.25) is 4.79 Å². The molecule has 204 valence electrons. The maximum absolute atomic E-state index is 13.8.